The van der Waals surface area contributed by atoms with E-state index in [9.17, 15) is 8.42 Å². The Bertz CT molecular complexity index is 491. The highest BCUT2D eigenvalue weighted by molar-refractivity contribution is 7.89. The topological polar surface area (TPSA) is 60.2 Å². The molecule has 0 heterocycles. The molecule has 0 radical (unpaired) electrons. The summed E-state index contributed by atoms with van der Waals surface area (Å²) in [4.78, 5) is 0. The molecule has 0 aliphatic carbocycles. The van der Waals surface area contributed by atoms with E-state index in [0.717, 1.165) is 5.56 Å². The normalized spacial score (nSPS) is 13.1. The van der Waals surface area contributed by atoms with Crippen LogP contribution in [0.4, 0.5) is 0 Å². The monoisotopic (exact) mass is 237 g/mol. The van der Waals surface area contributed by atoms with Crippen LogP contribution in [0.1, 0.15) is 16.4 Å². The van der Waals surface area contributed by atoms with E-state index >= 15 is 0 Å². The van der Waals surface area contributed by atoms with E-state index in [1.165, 1.54) is 6.08 Å². The van der Waals surface area contributed by atoms with Crippen molar-refractivity contribution in [1.29, 1.82) is 0 Å². The fourth-order valence-corrected chi connectivity index (χ4v) is 2.44. The Labute approximate surface area is 96.3 Å². The summed E-state index contributed by atoms with van der Waals surface area (Å²) in [6.45, 7) is 7.16. The average Bonchev–Trinajstić information content (AvgIpc) is 2.20. The minimum atomic E-state index is -3.66. The molecule has 0 aromatic heterocycles. The van der Waals surface area contributed by atoms with Crippen molar-refractivity contribution in [1.82, 2.24) is 0 Å². The second-order valence-electron chi connectivity index (χ2n) is 3.44. The Kier molecular flexibility index (Phi) is 4.04. The Morgan fingerprint density at radius 2 is 1.94 bits per heavy atom. The SMILES string of the molecule is C=CCc1ccccc1C(C=C)S(N)(=O)=O. The molecule has 0 fully saturated rings. The zero-order valence-corrected chi connectivity index (χ0v) is 9.78. The van der Waals surface area contributed by atoms with Crippen LogP contribution in [0.3, 0.4) is 0 Å². The van der Waals surface area contributed by atoms with Crippen molar-refractivity contribution in [2.24, 2.45) is 5.14 Å². The molecule has 4 heteroatoms. The highest BCUT2D eigenvalue weighted by Crippen LogP contribution is 2.25. The summed E-state index contributed by atoms with van der Waals surface area (Å²) in [6.07, 6.45) is 3.68. The van der Waals surface area contributed by atoms with E-state index in [-0.39, 0.29) is 0 Å². The molecule has 1 unspecified atom stereocenters. The number of nitrogens with two attached hydrogens (primary N) is 1. The molecule has 0 spiro atoms. The van der Waals surface area contributed by atoms with Crippen LogP contribution < -0.4 is 5.14 Å². The Morgan fingerprint density at radius 1 is 1.31 bits per heavy atom. The van der Waals surface area contributed by atoms with Crippen LogP contribution in [0.2, 0.25) is 0 Å². The molecule has 1 atom stereocenters. The highest BCUT2D eigenvalue weighted by Gasteiger charge is 2.21. The predicted molar refractivity (Wildman–Crippen MR) is 66.4 cm³/mol. The molecule has 1 aromatic rings. The number of hydrogen-bond acceptors (Lipinski definition) is 2. The van der Waals surface area contributed by atoms with E-state index in [4.69, 9.17) is 5.14 Å². The molecule has 0 saturated heterocycles. The first kappa shape index (κ1) is 12.7. The maximum atomic E-state index is 11.4. The van der Waals surface area contributed by atoms with Gasteiger partial charge in [-0.2, -0.15) is 0 Å². The third-order valence-electron chi connectivity index (χ3n) is 2.29. The Balaban J connectivity index is 3.30. The molecule has 1 rings (SSSR count). The summed E-state index contributed by atoms with van der Waals surface area (Å²) in [6, 6.07) is 7.24. The molecule has 16 heavy (non-hydrogen) atoms. The Hall–Kier alpha value is -1.39. The molecular weight excluding hydrogens is 222 g/mol. The summed E-state index contributed by atoms with van der Waals surface area (Å²) < 4.78 is 22.8. The van der Waals surface area contributed by atoms with Gasteiger partial charge in [0.1, 0.15) is 5.25 Å². The van der Waals surface area contributed by atoms with E-state index in [2.05, 4.69) is 13.2 Å². The molecular formula is C12H15NO2S. The van der Waals surface area contributed by atoms with Gasteiger partial charge < -0.3 is 0 Å². The number of benzene rings is 1. The van der Waals surface area contributed by atoms with Gasteiger partial charge in [-0.25, -0.2) is 13.6 Å². The molecule has 2 N–H and O–H groups in total. The quantitative estimate of drug-likeness (QED) is 0.795. The van der Waals surface area contributed by atoms with Crippen LogP contribution in [0.25, 0.3) is 0 Å². The highest BCUT2D eigenvalue weighted by atomic mass is 32.2. The molecule has 3 nitrogen and oxygen atoms in total. The lowest BCUT2D eigenvalue weighted by Gasteiger charge is -2.14. The van der Waals surface area contributed by atoms with Gasteiger partial charge in [0.2, 0.25) is 10.0 Å². The summed E-state index contributed by atoms with van der Waals surface area (Å²) in [5, 5.41) is 4.30. The minimum Gasteiger partial charge on any atom is -0.228 e. The molecule has 0 amide bonds. The largest absolute Gasteiger partial charge is 0.228 e. The number of sulfonamides is 1. The lowest BCUT2D eigenvalue weighted by atomic mass is 10.0. The predicted octanol–water partition coefficient (Wildman–Crippen LogP) is 1.93. The van der Waals surface area contributed by atoms with E-state index in [1.54, 1.807) is 18.2 Å². The number of rotatable bonds is 5. The van der Waals surface area contributed by atoms with Gasteiger partial charge in [-0.05, 0) is 17.5 Å². The molecule has 0 bridgehead atoms. The van der Waals surface area contributed by atoms with Crippen molar-refractivity contribution >= 4 is 10.0 Å². The second-order valence-corrected chi connectivity index (χ2v) is 5.12. The average molecular weight is 237 g/mol. The van der Waals surface area contributed by atoms with Gasteiger partial charge >= 0.3 is 0 Å². The number of allylic oxidation sites excluding steroid dienone is 1. The summed E-state index contributed by atoms with van der Waals surface area (Å²) in [5.41, 5.74) is 1.57. The maximum absolute atomic E-state index is 11.4. The smallest absolute Gasteiger partial charge is 0.219 e. The van der Waals surface area contributed by atoms with Gasteiger partial charge in [0.25, 0.3) is 0 Å². The van der Waals surface area contributed by atoms with Crippen molar-refractivity contribution in [2.75, 3.05) is 0 Å². The lowest BCUT2D eigenvalue weighted by Crippen LogP contribution is -2.21. The van der Waals surface area contributed by atoms with Gasteiger partial charge in [0.05, 0.1) is 0 Å². The van der Waals surface area contributed by atoms with Gasteiger partial charge in [-0.1, -0.05) is 36.4 Å². The van der Waals surface area contributed by atoms with Gasteiger partial charge in [-0.15, -0.1) is 13.2 Å². The second kappa shape index (κ2) is 5.09. The van der Waals surface area contributed by atoms with Crippen molar-refractivity contribution in [3.8, 4) is 0 Å². The third-order valence-corrected chi connectivity index (χ3v) is 3.45. The van der Waals surface area contributed by atoms with Crippen molar-refractivity contribution in [3.63, 3.8) is 0 Å². The minimum absolute atomic E-state index is 0.607. The van der Waals surface area contributed by atoms with Crippen LogP contribution in [-0.2, 0) is 16.4 Å². The summed E-state index contributed by atoms with van der Waals surface area (Å²) in [5.74, 6) is 0. The molecule has 86 valence electrons. The number of primary sulfonamides is 1. The standard InChI is InChI=1S/C12H15NO2S/c1-3-7-10-8-5-6-9-11(10)12(4-2)16(13,14)15/h3-6,8-9,12H,1-2,7H2,(H2,13,14,15). The van der Waals surface area contributed by atoms with Crippen LogP contribution in [0, 0.1) is 0 Å². The van der Waals surface area contributed by atoms with E-state index in [0.29, 0.717) is 12.0 Å². The maximum Gasteiger partial charge on any atom is 0.219 e. The molecule has 0 saturated carbocycles. The van der Waals surface area contributed by atoms with Crippen molar-refractivity contribution in [2.45, 2.75) is 11.7 Å². The van der Waals surface area contributed by atoms with Crippen molar-refractivity contribution < 1.29 is 8.42 Å². The lowest BCUT2D eigenvalue weighted by molar-refractivity contribution is 0.592. The first-order valence-electron chi connectivity index (χ1n) is 4.83. The van der Waals surface area contributed by atoms with Gasteiger partial charge in [0, 0.05) is 0 Å². The van der Waals surface area contributed by atoms with Crippen LogP contribution in [0.15, 0.2) is 49.6 Å². The van der Waals surface area contributed by atoms with E-state index in [1.807, 2.05) is 12.1 Å². The van der Waals surface area contributed by atoms with Crippen molar-refractivity contribution in [3.05, 3.63) is 60.7 Å². The molecule has 0 aliphatic rings. The van der Waals surface area contributed by atoms with Crippen LogP contribution in [-0.4, -0.2) is 8.42 Å². The van der Waals surface area contributed by atoms with Crippen LogP contribution in [0.5, 0.6) is 0 Å². The third kappa shape index (κ3) is 2.81. The van der Waals surface area contributed by atoms with Crippen LogP contribution >= 0.6 is 0 Å². The summed E-state index contributed by atoms with van der Waals surface area (Å²) >= 11 is 0. The number of hydrogen-bond donors (Lipinski definition) is 1. The van der Waals surface area contributed by atoms with E-state index < -0.39 is 15.3 Å². The first-order valence-corrected chi connectivity index (χ1v) is 6.44. The fraction of sp³-hybridized carbons (Fsp3) is 0.167. The summed E-state index contributed by atoms with van der Waals surface area (Å²) in [7, 11) is -3.66. The fourth-order valence-electron chi connectivity index (χ4n) is 1.59. The molecule has 1 aromatic carbocycles. The Morgan fingerprint density at radius 3 is 2.44 bits per heavy atom. The zero-order chi connectivity index (χ0) is 12.2. The molecule has 0 aliphatic heterocycles. The zero-order valence-electron chi connectivity index (χ0n) is 8.96. The van der Waals surface area contributed by atoms with Gasteiger partial charge in [-0.3, -0.25) is 0 Å². The van der Waals surface area contributed by atoms with Gasteiger partial charge in [0.15, 0.2) is 0 Å². The first-order chi connectivity index (χ1) is 7.50.